The number of aromatic nitrogens is 3. The van der Waals surface area contributed by atoms with Crippen LogP contribution in [0.3, 0.4) is 0 Å². The van der Waals surface area contributed by atoms with Gasteiger partial charge in [0, 0.05) is 35.1 Å². The molecule has 3 aromatic heterocycles. The summed E-state index contributed by atoms with van der Waals surface area (Å²) in [5.41, 5.74) is 3.14. The van der Waals surface area contributed by atoms with Crippen molar-refractivity contribution in [2.24, 2.45) is 0 Å². The first-order chi connectivity index (χ1) is 14.5. The molecule has 0 aliphatic heterocycles. The number of carboxylic acid groups (broad SMARTS) is 1. The molecule has 2 aromatic carbocycles. The molecule has 7 nitrogen and oxygen atoms in total. The summed E-state index contributed by atoms with van der Waals surface area (Å²) in [5, 5.41) is 23.5. The maximum absolute atomic E-state index is 14.0. The molecule has 0 aliphatic rings. The lowest BCUT2D eigenvalue weighted by Gasteiger charge is -2.12. The molecule has 0 saturated heterocycles. The number of benzene rings is 2. The molecule has 0 spiro atoms. The minimum absolute atomic E-state index is 0.130. The van der Waals surface area contributed by atoms with E-state index in [2.05, 4.69) is 15.3 Å². The van der Waals surface area contributed by atoms with Crippen molar-refractivity contribution in [3.8, 4) is 17.1 Å². The van der Waals surface area contributed by atoms with Crippen LogP contribution in [0.2, 0.25) is 0 Å². The lowest BCUT2D eigenvalue weighted by Crippen LogP contribution is -2.02. The molecule has 0 amide bonds. The van der Waals surface area contributed by atoms with Crippen molar-refractivity contribution in [2.75, 3.05) is 5.32 Å². The molecule has 148 valence electrons. The van der Waals surface area contributed by atoms with Gasteiger partial charge in [0.2, 0.25) is 0 Å². The van der Waals surface area contributed by atoms with Crippen molar-refractivity contribution in [3.05, 3.63) is 78.5 Å². The number of rotatable bonds is 4. The molecule has 30 heavy (non-hydrogen) atoms. The Morgan fingerprint density at radius 1 is 1.13 bits per heavy atom. The minimum atomic E-state index is -1.31. The third-order valence-electron chi connectivity index (χ3n) is 4.99. The SMILES string of the molecule is O=C(O)c1ccc(Nc2ccc(-c3ccc4c(O)[nH]cc4c3)n3ccnc23)cc1F. The Labute approximate surface area is 169 Å². The highest BCUT2D eigenvalue weighted by molar-refractivity contribution is 5.91. The second kappa shape index (κ2) is 6.63. The van der Waals surface area contributed by atoms with Gasteiger partial charge in [-0.1, -0.05) is 6.07 Å². The number of hydrogen-bond donors (Lipinski definition) is 4. The van der Waals surface area contributed by atoms with Crippen LogP contribution >= 0.6 is 0 Å². The van der Waals surface area contributed by atoms with E-state index in [4.69, 9.17) is 5.11 Å². The number of pyridine rings is 1. The molecule has 5 rings (SSSR count). The summed E-state index contributed by atoms with van der Waals surface area (Å²) in [6.45, 7) is 0. The van der Waals surface area contributed by atoms with Gasteiger partial charge in [0.1, 0.15) is 5.82 Å². The number of anilines is 2. The van der Waals surface area contributed by atoms with Crippen LogP contribution in [0, 0.1) is 5.82 Å². The summed E-state index contributed by atoms with van der Waals surface area (Å²) in [6.07, 6.45) is 5.23. The normalized spacial score (nSPS) is 11.2. The Kier molecular flexibility index (Phi) is 3.92. The van der Waals surface area contributed by atoms with Crippen LogP contribution in [0.5, 0.6) is 5.88 Å². The number of nitrogens with zero attached hydrogens (tertiary/aromatic N) is 2. The molecule has 4 N–H and O–H groups in total. The van der Waals surface area contributed by atoms with Gasteiger partial charge in [-0.05, 0) is 48.0 Å². The third-order valence-corrected chi connectivity index (χ3v) is 4.99. The van der Waals surface area contributed by atoms with E-state index in [-0.39, 0.29) is 11.4 Å². The number of aromatic carboxylic acids is 1. The monoisotopic (exact) mass is 402 g/mol. The van der Waals surface area contributed by atoms with E-state index < -0.39 is 11.8 Å². The van der Waals surface area contributed by atoms with Gasteiger partial charge in [0.05, 0.1) is 16.9 Å². The molecule has 3 heterocycles. The number of carboxylic acids is 1. The summed E-state index contributed by atoms with van der Waals surface area (Å²) in [7, 11) is 0. The standard InChI is InChI=1S/C22H15FN4O3/c23-17-10-14(2-4-16(17)22(29)30)26-18-5-6-19(27-8-7-24-20(18)27)12-1-3-15-13(9-12)11-25-21(15)28/h1-11,25-26,28H,(H,29,30). The number of halogens is 1. The molecule has 8 heteroatoms. The zero-order valence-electron chi connectivity index (χ0n) is 15.4. The van der Waals surface area contributed by atoms with E-state index >= 15 is 0 Å². The van der Waals surface area contributed by atoms with Crippen molar-refractivity contribution in [1.29, 1.82) is 0 Å². The van der Waals surface area contributed by atoms with Crippen LogP contribution in [0.25, 0.3) is 27.7 Å². The number of H-pyrrole nitrogens is 1. The van der Waals surface area contributed by atoms with Crippen molar-refractivity contribution in [1.82, 2.24) is 14.4 Å². The molecule has 0 saturated carbocycles. The lowest BCUT2D eigenvalue weighted by atomic mass is 10.1. The Hall–Kier alpha value is -4.33. The highest BCUT2D eigenvalue weighted by Crippen LogP contribution is 2.31. The van der Waals surface area contributed by atoms with Crippen LogP contribution in [0.4, 0.5) is 15.8 Å². The predicted octanol–water partition coefficient (Wildman–Crippen LogP) is 4.77. The second-order valence-electron chi connectivity index (χ2n) is 6.82. The zero-order chi connectivity index (χ0) is 20.8. The zero-order valence-corrected chi connectivity index (χ0v) is 15.4. The number of imidazole rings is 1. The van der Waals surface area contributed by atoms with Gasteiger partial charge < -0.3 is 20.5 Å². The predicted molar refractivity (Wildman–Crippen MR) is 111 cm³/mol. The average molecular weight is 402 g/mol. The summed E-state index contributed by atoms with van der Waals surface area (Å²) in [4.78, 5) is 18.2. The van der Waals surface area contributed by atoms with Gasteiger partial charge in [0.25, 0.3) is 0 Å². The molecule has 0 bridgehead atoms. The van der Waals surface area contributed by atoms with Crippen LogP contribution in [-0.4, -0.2) is 30.6 Å². The number of aromatic amines is 1. The Morgan fingerprint density at radius 3 is 2.80 bits per heavy atom. The molecule has 0 unspecified atom stereocenters. The van der Waals surface area contributed by atoms with Gasteiger partial charge >= 0.3 is 5.97 Å². The smallest absolute Gasteiger partial charge is 0.338 e. The number of fused-ring (bicyclic) bond motifs is 2. The molecule has 5 aromatic rings. The Balaban J connectivity index is 1.55. The number of aromatic hydroxyl groups is 1. The molecular formula is C22H15FN4O3. The quantitative estimate of drug-likeness (QED) is 0.347. The van der Waals surface area contributed by atoms with E-state index in [0.717, 1.165) is 28.1 Å². The fourth-order valence-electron chi connectivity index (χ4n) is 3.55. The largest absolute Gasteiger partial charge is 0.494 e. The van der Waals surface area contributed by atoms with Gasteiger partial charge in [-0.15, -0.1) is 0 Å². The van der Waals surface area contributed by atoms with E-state index in [1.165, 1.54) is 12.1 Å². The molecule has 0 aliphatic carbocycles. The van der Waals surface area contributed by atoms with E-state index in [9.17, 15) is 14.3 Å². The van der Waals surface area contributed by atoms with Gasteiger partial charge in [0.15, 0.2) is 11.5 Å². The summed E-state index contributed by atoms with van der Waals surface area (Å²) in [6, 6.07) is 13.3. The fraction of sp³-hybridized carbons (Fsp3) is 0. The van der Waals surface area contributed by atoms with Crippen LogP contribution < -0.4 is 5.32 Å². The Morgan fingerprint density at radius 2 is 2.00 bits per heavy atom. The van der Waals surface area contributed by atoms with E-state index in [1.807, 2.05) is 40.9 Å². The highest BCUT2D eigenvalue weighted by atomic mass is 19.1. The summed E-state index contributed by atoms with van der Waals surface area (Å²) >= 11 is 0. The minimum Gasteiger partial charge on any atom is -0.494 e. The third kappa shape index (κ3) is 2.82. The maximum Gasteiger partial charge on any atom is 0.338 e. The number of carbonyl (C=O) groups is 1. The molecule has 0 atom stereocenters. The van der Waals surface area contributed by atoms with E-state index in [1.54, 1.807) is 12.4 Å². The van der Waals surface area contributed by atoms with Crippen molar-refractivity contribution in [2.45, 2.75) is 0 Å². The van der Waals surface area contributed by atoms with Gasteiger partial charge in [-0.3, -0.25) is 4.40 Å². The first kappa shape index (κ1) is 17.7. The molecule has 0 radical (unpaired) electrons. The van der Waals surface area contributed by atoms with Crippen molar-refractivity contribution >= 4 is 33.8 Å². The van der Waals surface area contributed by atoms with Crippen LogP contribution in [0.1, 0.15) is 10.4 Å². The van der Waals surface area contributed by atoms with Crippen LogP contribution in [-0.2, 0) is 0 Å². The van der Waals surface area contributed by atoms with Gasteiger partial charge in [-0.2, -0.15) is 0 Å². The summed E-state index contributed by atoms with van der Waals surface area (Å²) < 4.78 is 15.9. The second-order valence-corrected chi connectivity index (χ2v) is 6.82. The van der Waals surface area contributed by atoms with Crippen molar-refractivity contribution < 1.29 is 19.4 Å². The maximum atomic E-state index is 14.0. The van der Waals surface area contributed by atoms with E-state index in [0.29, 0.717) is 17.0 Å². The van der Waals surface area contributed by atoms with Crippen LogP contribution in [0.15, 0.2) is 67.1 Å². The van der Waals surface area contributed by atoms with Gasteiger partial charge in [-0.25, -0.2) is 14.2 Å². The highest BCUT2D eigenvalue weighted by Gasteiger charge is 2.13. The Bertz CT molecular complexity index is 1440. The first-order valence-electron chi connectivity index (χ1n) is 9.07. The number of hydrogen-bond acceptors (Lipinski definition) is 4. The first-order valence-corrected chi connectivity index (χ1v) is 9.07. The molecule has 0 fully saturated rings. The lowest BCUT2D eigenvalue weighted by molar-refractivity contribution is 0.0692. The topological polar surface area (TPSA) is 103 Å². The van der Waals surface area contributed by atoms with Crippen molar-refractivity contribution in [3.63, 3.8) is 0 Å². The number of nitrogens with one attached hydrogen (secondary N) is 2. The summed E-state index contributed by atoms with van der Waals surface area (Å²) in [5.74, 6) is -2.00. The molecular weight excluding hydrogens is 387 g/mol. The average Bonchev–Trinajstić information content (AvgIpc) is 3.35. The fourth-order valence-corrected chi connectivity index (χ4v) is 3.55.